The molecule has 0 aliphatic heterocycles. The number of benzene rings is 1. The number of hydrogen-bond acceptors (Lipinski definition) is 2. The Morgan fingerprint density at radius 2 is 1.95 bits per heavy atom. The number of nitrogens with one attached hydrogen (secondary N) is 1. The highest BCUT2D eigenvalue weighted by Crippen LogP contribution is 2.57. The lowest BCUT2D eigenvalue weighted by atomic mass is 9.87. The fraction of sp³-hybridized carbons (Fsp3) is 0.412. The Hall–Kier alpha value is -0.830. The van der Waals surface area contributed by atoms with E-state index in [-0.39, 0.29) is 5.41 Å². The molecule has 0 amide bonds. The number of thiophene rings is 1. The van der Waals surface area contributed by atoms with Gasteiger partial charge in [-0.15, -0.1) is 11.3 Å². The van der Waals surface area contributed by atoms with Crippen molar-refractivity contribution in [3.05, 3.63) is 57.2 Å². The monoisotopic (exact) mass is 305 g/mol. The van der Waals surface area contributed by atoms with Gasteiger partial charge in [-0.1, -0.05) is 48.9 Å². The average molecular weight is 306 g/mol. The minimum Gasteiger partial charge on any atom is -0.309 e. The summed E-state index contributed by atoms with van der Waals surface area (Å²) in [5, 5.41) is 3.75. The third kappa shape index (κ3) is 2.65. The Labute approximate surface area is 130 Å². The van der Waals surface area contributed by atoms with Crippen LogP contribution < -0.4 is 5.32 Å². The lowest BCUT2D eigenvalue weighted by Crippen LogP contribution is -2.32. The van der Waals surface area contributed by atoms with Gasteiger partial charge >= 0.3 is 0 Å². The smallest absolute Gasteiger partial charge is 0.0931 e. The van der Waals surface area contributed by atoms with Crippen LogP contribution in [0.5, 0.6) is 0 Å². The van der Waals surface area contributed by atoms with Crippen molar-refractivity contribution in [2.75, 3.05) is 6.54 Å². The van der Waals surface area contributed by atoms with Crippen molar-refractivity contribution in [1.29, 1.82) is 0 Å². The van der Waals surface area contributed by atoms with Gasteiger partial charge in [0.2, 0.25) is 0 Å². The maximum atomic E-state index is 6.15. The van der Waals surface area contributed by atoms with Crippen LogP contribution in [-0.2, 0) is 5.41 Å². The molecule has 1 fully saturated rings. The zero-order valence-electron chi connectivity index (χ0n) is 11.7. The second-order valence-electron chi connectivity index (χ2n) is 5.55. The minimum atomic E-state index is 0.268. The summed E-state index contributed by atoms with van der Waals surface area (Å²) >= 11 is 7.86. The molecule has 1 aromatic carbocycles. The zero-order chi connectivity index (χ0) is 14.0. The van der Waals surface area contributed by atoms with E-state index in [2.05, 4.69) is 48.6 Å². The molecular weight excluding hydrogens is 286 g/mol. The summed E-state index contributed by atoms with van der Waals surface area (Å²) in [5.41, 5.74) is 1.73. The molecule has 3 rings (SSSR count). The van der Waals surface area contributed by atoms with Crippen molar-refractivity contribution in [1.82, 2.24) is 5.32 Å². The average Bonchev–Trinajstić information content (AvgIpc) is 3.17. The minimum absolute atomic E-state index is 0.268. The van der Waals surface area contributed by atoms with Gasteiger partial charge in [-0.25, -0.2) is 0 Å². The van der Waals surface area contributed by atoms with E-state index in [0.29, 0.717) is 6.04 Å². The van der Waals surface area contributed by atoms with E-state index in [1.54, 1.807) is 11.3 Å². The van der Waals surface area contributed by atoms with Crippen molar-refractivity contribution >= 4 is 22.9 Å². The molecule has 1 atom stereocenters. The highest BCUT2D eigenvalue weighted by molar-refractivity contribution is 7.16. The maximum absolute atomic E-state index is 6.15. The zero-order valence-corrected chi connectivity index (χ0v) is 13.3. The summed E-state index contributed by atoms with van der Waals surface area (Å²) in [4.78, 5) is 1.37. The van der Waals surface area contributed by atoms with E-state index in [0.717, 1.165) is 17.3 Å². The van der Waals surface area contributed by atoms with Gasteiger partial charge in [0.25, 0.3) is 0 Å². The van der Waals surface area contributed by atoms with Crippen LogP contribution in [0.15, 0.2) is 42.5 Å². The molecule has 2 aromatic rings. The Balaban J connectivity index is 1.93. The first-order valence-electron chi connectivity index (χ1n) is 7.30. The van der Waals surface area contributed by atoms with Gasteiger partial charge in [-0.2, -0.15) is 0 Å². The second kappa shape index (κ2) is 5.88. The van der Waals surface area contributed by atoms with E-state index in [4.69, 9.17) is 11.6 Å². The summed E-state index contributed by atoms with van der Waals surface area (Å²) in [6, 6.07) is 15.5. The van der Waals surface area contributed by atoms with Gasteiger partial charge < -0.3 is 5.32 Å². The molecule has 1 aromatic heterocycles. The van der Waals surface area contributed by atoms with Crippen LogP contribution in [0.3, 0.4) is 0 Å². The first kappa shape index (κ1) is 14.1. The number of rotatable bonds is 6. The van der Waals surface area contributed by atoms with E-state index >= 15 is 0 Å². The van der Waals surface area contributed by atoms with E-state index in [9.17, 15) is 0 Å². The molecule has 1 aliphatic rings. The van der Waals surface area contributed by atoms with Crippen molar-refractivity contribution in [3.63, 3.8) is 0 Å². The van der Waals surface area contributed by atoms with Crippen molar-refractivity contribution in [3.8, 4) is 0 Å². The van der Waals surface area contributed by atoms with E-state index < -0.39 is 0 Å². The lowest BCUT2D eigenvalue weighted by molar-refractivity contribution is 0.435. The summed E-state index contributed by atoms with van der Waals surface area (Å²) < 4.78 is 0.882. The van der Waals surface area contributed by atoms with Crippen LogP contribution in [-0.4, -0.2) is 6.54 Å². The fourth-order valence-electron chi connectivity index (χ4n) is 2.99. The highest BCUT2D eigenvalue weighted by atomic mass is 35.5. The van der Waals surface area contributed by atoms with E-state index in [1.165, 1.54) is 23.3 Å². The predicted molar refractivity (Wildman–Crippen MR) is 87.7 cm³/mol. The summed E-state index contributed by atoms with van der Waals surface area (Å²) in [6.45, 7) is 3.27. The molecule has 0 spiro atoms. The van der Waals surface area contributed by atoms with Crippen LogP contribution in [0.25, 0.3) is 0 Å². The molecule has 1 saturated carbocycles. The summed E-state index contributed by atoms with van der Waals surface area (Å²) in [5.74, 6) is 0. The first-order valence-corrected chi connectivity index (χ1v) is 8.50. The molecule has 0 saturated heterocycles. The van der Waals surface area contributed by atoms with E-state index in [1.807, 2.05) is 6.07 Å². The van der Waals surface area contributed by atoms with Crippen LogP contribution in [0.4, 0.5) is 0 Å². The van der Waals surface area contributed by atoms with Gasteiger partial charge in [-0.05, 0) is 43.5 Å². The lowest BCUT2D eigenvalue weighted by Gasteiger charge is -2.28. The van der Waals surface area contributed by atoms with Crippen LogP contribution in [0.2, 0.25) is 4.34 Å². The summed E-state index contributed by atoms with van der Waals surface area (Å²) in [7, 11) is 0. The maximum Gasteiger partial charge on any atom is 0.0931 e. The summed E-state index contributed by atoms with van der Waals surface area (Å²) in [6.07, 6.45) is 3.67. The fourth-order valence-corrected chi connectivity index (χ4v) is 4.24. The Morgan fingerprint density at radius 1 is 1.20 bits per heavy atom. The van der Waals surface area contributed by atoms with Gasteiger partial charge in [0.1, 0.15) is 0 Å². The van der Waals surface area contributed by atoms with Gasteiger partial charge in [0, 0.05) is 10.3 Å². The quantitative estimate of drug-likeness (QED) is 0.776. The largest absolute Gasteiger partial charge is 0.309 e. The normalized spacial score (nSPS) is 17.9. The van der Waals surface area contributed by atoms with Gasteiger partial charge in [0.15, 0.2) is 0 Å². The first-order chi connectivity index (χ1) is 9.76. The van der Waals surface area contributed by atoms with Crippen molar-refractivity contribution < 1.29 is 0 Å². The molecule has 1 heterocycles. The molecule has 106 valence electrons. The van der Waals surface area contributed by atoms with Crippen molar-refractivity contribution in [2.45, 2.75) is 37.6 Å². The van der Waals surface area contributed by atoms with Gasteiger partial charge in [-0.3, -0.25) is 0 Å². The molecule has 3 heteroatoms. The molecule has 0 radical (unpaired) electrons. The number of hydrogen-bond donors (Lipinski definition) is 1. The molecule has 1 aliphatic carbocycles. The molecule has 1 unspecified atom stereocenters. The van der Waals surface area contributed by atoms with Crippen molar-refractivity contribution in [2.24, 2.45) is 0 Å². The SMILES string of the molecule is CCCNC(c1ccc(Cl)s1)C1(c2ccccc2)CC1. The second-order valence-corrected chi connectivity index (χ2v) is 7.30. The highest BCUT2D eigenvalue weighted by Gasteiger charge is 2.51. The molecule has 1 nitrogen and oxygen atoms in total. The topological polar surface area (TPSA) is 12.0 Å². The Morgan fingerprint density at radius 3 is 2.50 bits per heavy atom. The standard InChI is InChI=1S/C17H20ClNS/c1-2-12-19-16(14-8-9-15(18)20-14)17(10-11-17)13-6-4-3-5-7-13/h3-9,16,19H,2,10-12H2,1H3. The third-order valence-electron chi connectivity index (χ3n) is 4.17. The third-order valence-corrected chi connectivity index (χ3v) is 5.46. The molecule has 1 N–H and O–H groups in total. The Bertz CT molecular complexity index is 559. The number of halogens is 1. The van der Waals surface area contributed by atoms with Crippen LogP contribution in [0.1, 0.15) is 42.7 Å². The van der Waals surface area contributed by atoms with Gasteiger partial charge in [0.05, 0.1) is 10.4 Å². The van der Waals surface area contributed by atoms with Crippen LogP contribution in [0, 0.1) is 0 Å². The van der Waals surface area contributed by atoms with Crippen LogP contribution >= 0.6 is 22.9 Å². The molecule has 20 heavy (non-hydrogen) atoms. The molecule has 0 bridgehead atoms. The Kier molecular flexibility index (Phi) is 4.16. The molecular formula is C17H20ClNS. The predicted octanol–water partition coefficient (Wildman–Crippen LogP) is 5.17.